The van der Waals surface area contributed by atoms with Gasteiger partial charge in [0.25, 0.3) is 5.91 Å². The van der Waals surface area contributed by atoms with Crippen LogP contribution in [0.3, 0.4) is 0 Å². The fraction of sp³-hybridized carbons (Fsp3) is 0.278. The van der Waals surface area contributed by atoms with Crippen molar-refractivity contribution in [3.8, 4) is 0 Å². The molecule has 1 amide bonds. The van der Waals surface area contributed by atoms with Crippen molar-refractivity contribution in [1.82, 2.24) is 9.21 Å². The van der Waals surface area contributed by atoms with Crippen LogP contribution in [0.15, 0.2) is 47.4 Å². The van der Waals surface area contributed by atoms with E-state index in [-0.39, 0.29) is 21.2 Å². The summed E-state index contributed by atoms with van der Waals surface area (Å²) >= 11 is 6.11. The Labute approximate surface area is 162 Å². The van der Waals surface area contributed by atoms with E-state index in [0.717, 1.165) is 0 Å². The highest BCUT2D eigenvalue weighted by Gasteiger charge is 2.30. The largest absolute Gasteiger partial charge is 0.319 e. The molecule has 1 fully saturated rings. The zero-order valence-electron chi connectivity index (χ0n) is 14.7. The Balaban J connectivity index is 1.88. The van der Waals surface area contributed by atoms with Crippen molar-refractivity contribution in [2.75, 3.05) is 38.5 Å². The number of carbonyl (C=O) groups excluding carboxylic acids is 1. The van der Waals surface area contributed by atoms with E-state index in [2.05, 4.69) is 5.32 Å². The minimum Gasteiger partial charge on any atom is -0.319 e. The number of para-hydroxylation sites is 1. The number of nitrogens with one attached hydrogen (secondary N) is 1. The van der Waals surface area contributed by atoms with Crippen molar-refractivity contribution in [1.29, 1.82) is 0 Å². The molecule has 27 heavy (non-hydrogen) atoms. The van der Waals surface area contributed by atoms with Gasteiger partial charge >= 0.3 is 0 Å². The Kier molecular flexibility index (Phi) is 5.81. The van der Waals surface area contributed by atoms with Crippen molar-refractivity contribution < 1.29 is 17.6 Å². The number of hydrogen-bond acceptors (Lipinski definition) is 4. The van der Waals surface area contributed by atoms with Crippen LogP contribution in [-0.4, -0.2) is 56.8 Å². The molecule has 1 aliphatic rings. The number of carbonyl (C=O) groups is 1. The molecule has 0 bridgehead atoms. The van der Waals surface area contributed by atoms with E-state index in [1.165, 1.54) is 40.7 Å². The number of likely N-dealkylation sites (N-methyl/N-ethyl adjacent to an activating group) is 1. The summed E-state index contributed by atoms with van der Waals surface area (Å²) in [5.41, 5.74) is 0.0938. The molecular formula is C18H19ClFN3O3S. The lowest BCUT2D eigenvalue weighted by Crippen LogP contribution is -2.47. The topological polar surface area (TPSA) is 69.7 Å². The number of rotatable bonds is 4. The minimum atomic E-state index is -3.83. The number of hydrogen-bond donors (Lipinski definition) is 1. The predicted molar refractivity (Wildman–Crippen MR) is 102 cm³/mol. The van der Waals surface area contributed by atoms with Gasteiger partial charge < -0.3 is 10.2 Å². The molecule has 0 aliphatic carbocycles. The third kappa shape index (κ3) is 4.30. The molecular weight excluding hydrogens is 393 g/mol. The van der Waals surface area contributed by atoms with Crippen LogP contribution in [0.25, 0.3) is 0 Å². The standard InChI is InChI=1S/C18H19ClFN3O3S/c1-22-8-10-23(11-9-22)27(25,26)17-12-13(6-7-14(17)19)18(24)21-16-5-3-2-4-15(16)20/h2-7,12H,8-11H2,1H3,(H,21,24). The van der Waals surface area contributed by atoms with Crippen LogP contribution in [0.5, 0.6) is 0 Å². The van der Waals surface area contributed by atoms with Crippen LogP contribution < -0.4 is 5.32 Å². The van der Waals surface area contributed by atoms with Crippen molar-refractivity contribution in [3.05, 3.63) is 58.9 Å². The first kappa shape index (κ1) is 19.8. The molecule has 6 nitrogen and oxygen atoms in total. The average molecular weight is 412 g/mol. The van der Waals surface area contributed by atoms with Gasteiger partial charge in [0, 0.05) is 31.7 Å². The molecule has 0 radical (unpaired) electrons. The SMILES string of the molecule is CN1CCN(S(=O)(=O)c2cc(C(=O)Nc3ccccc3F)ccc2Cl)CC1. The van der Waals surface area contributed by atoms with Gasteiger partial charge in [-0.1, -0.05) is 23.7 Å². The van der Waals surface area contributed by atoms with Crippen molar-refractivity contribution >= 4 is 33.2 Å². The van der Waals surface area contributed by atoms with Crippen LogP contribution in [-0.2, 0) is 10.0 Å². The summed E-state index contributed by atoms with van der Waals surface area (Å²) in [6.07, 6.45) is 0. The van der Waals surface area contributed by atoms with Crippen LogP contribution in [0.4, 0.5) is 10.1 Å². The number of anilines is 1. The first-order chi connectivity index (χ1) is 12.8. The maximum absolute atomic E-state index is 13.7. The van der Waals surface area contributed by atoms with E-state index in [1.54, 1.807) is 6.07 Å². The quantitative estimate of drug-likeness (QED) is 0.839. The lowest BCUT2D eigenvalue weighted by molar-refractivity contribution is 0.102. The number of halogens is 2. The monoisotopic (exact) mass is 411 g/mol. The van der Waals surface area contributed by atoms with Crippen LogP contribution in [0.2, 0.25) is 5.02 Å². The molecule has 2 aromatic carbocycles. The molecule has 0 aromatic heterocycles. The van der Waals surface area contributed by atoms with Gasteiger partial charge in [-0.15, -0.1) is 0 Å². The molecule has 0 unspecified atom stereocenters. The molecule has 1 aliphatic heterocycles. The molecule has 1 heterocycles. The van der Waals surface area contributed by atoms with Crippen molar-refractivity contribution in [2.24, 2.45) is 0 Å². The van der Waals surface area contributed by atoms with E-state index in [1.807, 2.05) is 11.9 Å². The van der Waals surface area contributed by atoms with Gasteiger partial charge in [0.1, 0.15) is 10.7 Å². The predicted octanol–water partition coefficient (Wildman–Crippen LogP) is 2.67. The summed E-state index contributed by atoms with van der Waals surface area (Å²) in [5, 5.41) is 2.48. The highest BCUT2D eigenvalue weighted by atomic mass is 35.5. The van der Waals surface area contributed by atoms with Gasteiger partial charge in [-0.25, -0.2) is 12.8 Å². The summed E-state index contributed by atoms with van der Waals surface area (Å²) in [4.78, 5) is 14.3. The minimum absolute atomic E-state index is 0.0147. The first-order valence-corrected chi connectivity index (χ1v) is 10.1. The van der Waals surface area contributed by atoms with E-state index < -0.39 is 21.7 Å². The molecule has 144 valence electrons. The molecule has 1 saturated heterocycles. The van der Waals surface area contributed by atoms with Gasteiger partial charge in [-0.05, 0) is 37.4 Å². The van der Waals surface area contributed by atoms with E-state index in [4.69, 9.17) is 11.6 Å². The molecule has 0 atom stereocenters. The van der Waals surface area contributed by atoms with Gasteiger partial charge in [-0.3, -0.25) is 4.79 Å². The summed E-state index contributed by atoms with van der Waals surface area (Å²) in [7, 11) is -1.91. The lowest BCUT2D eigenvalue weighted by atomic mass is 10.2. The summed E-state index contributed by atoms with van der Waals surface area (Å²) in [5.74, 6) is -1.20. The highest BCUT2D eigenvalue weighted by Crippen LogP contribution is 2.27. The van der Waals surface area contributed by atoms with Gasteiger partial charge in [0.05, 0.1) is 10.7 Å². The molecule has 0 saturated carbocycles. The fourth-order valence-corrected chi connectivity index (χ4v) is 4.69. The normalized spacial score (nSPS) is 16.3. The second-order valence-electron chi connectivity index (χ2n) is 6.29. The molecule has 1 N–H and O–H groups in total. The highest BCUT2D eigenvalue weighted by molar-refractivity contribution is 7.89. The molecule has 2 aromatic rings. The summed E-state index contributed by atoms with van der Waals surface area (Å²) in [6, 6.07) is 9.73. The number of amides is 1. The lowest BCUT2D eigenvalue weighted by Gasteiger charge is -2.31. The van der Waals surface area contributed by atoms with Crippen LogP contribution in [0.1, 0.15) is 10.4 Å². The Morgan fingerprint density at radius 3 is 2.44 bits per heavy atom. The Morgan fingerprint density at radius 2 is 1.78 bits per heavy atom. The summed E-state index contributed by atoms with van der Waals surface area (Å²) in [6.45, 7) is 1.93. The van der Waals surface area contributed by atoms with Crippen molar-refractivity contribution in [2.45, 2.75) is 4.90 Å². The number of sulfonamides is 1. The van der Waals surface area contributed by atoms with Gasteiger partial charge in [0.15, 0.2) is 0 Å². The third-order valence-corrected chi connectivity index (χ3v) is 6.78. The number of benzene rings is 2. The first-order valence-electron chi connectivity index (χ1n) is 8.33. The summed E-state index contributed by atoms with van der Waals surface area (Å²) < 4.78 is 41.0. The Morgan fingerprint density at radius 1 is 1.11 bits per heavy atom. The molecule has 9 heteroatoms. The molecule has 0 spiro atoms. The van der Waals surface area contributed by atoms with Gasteiger partial charge in [-0.2, -0.15) is 4.31 Å². The maximum Gasteiger partial charge on any atom is 0.255 e. The van der Waals surface area contributed by atoms with Crippen LogP contribution in [0, 0.1) is 5.82 Å². The maximum atomic E-state index is 13.7. The second-order valence-corrected chi connectivity index (χ2v) is 8.60. The fourth-order valence-electron chi connectivity index (χ4n) is 2.77. The second kappa shape index (κ2) is 7.93. The van der Waals surface area contributed by atoms with E-state index >= 15 is 0 Å². The number of nitrogens with zero attached hydrogens (tertiary/aromatic N) is 2. The molecule has 3 rings (SSSR count). The smallest absolute Gasteiger partial charge is 0.255 e. The zero-order chi connectivity index (χ0) is 19.6. The zero-order valence-corrected chi connectivity index (χ0v) is 16.2. The van der Waals surface area contributed by atoms with Crippen LogP contribution >= 0.6 is 11.6 Å². The van der Waals surface area contributed by atoms with E-state index in [0.29, 0.717) is 26.2 Å². The number of piperazine rings is 1. The van der Waals surface area contributed by atoms with Crippen molar-refractivity contribution in [3.63, 3.8) is 0 Å². The van der Waals surface area contributed by atoms with Gasteiger partial charge in [0.2, 0.25) is 10.0 Å². The third-order valence-electron chi connectivity index (χ3n) is 4.40. The Bertz CT molecular complexity index is 960. The average Bonchev–Trinajstić information content (AvgIpc) is 2.64. The van der Waals surface area contributed by atoms with E-state index in [9.17, 15) is 17.6 Å². The Hall–Kier alpha value is -2.00.